The molecule has 0 radical (unpaired) electrons. The van der Waals surface area contributed by atoms with Gasteiger partial charge >= 0.3 is 0 Å². The van der Waals surface area contributed by atoms with E-state index >= 15 is 0 Å². The Balaban J connectivity index is 0.995. The largest absolute Gasteiger partial charge is 0.344 e. The van der Waals surface area contributed by atoms with E-state index in [9.17, 15) is 0 Å². The minimum Gasteiger partial charge on any atom is -0.344 e. The first kappa shape index (κ1) is 32.0. The van der Waals surface area contributed by atoms with Gasteiger partial charge in [0.25, 0.3) is 0 Å². The highest BCUT2D eigenvalue weighted by Crippen LogP contribution is 2.38. The normalized spacial score (nSPS) is 14.2. The maximum atomic E-state index is 5.09. The summed E-state index contributed by atoms with van der Waals surface area (Å²) in [5, 5.41) is 8.50. The predicted octanol–water partition coefficient (Wildman–Crippen LogP) is 12.0. The monoisotopic (exact) mass is 717 g/mol. The number of nitrogens with zero attached hydrogens (tertiary/aromatic N) is 4. The second-order valence-electron chi connectivity index (χ2n) is 14.3. The lowest BCUT2D eigenvalue weighted by molar-refractivity contribution is 0.674. The topological polar surface area (TPSA) is 46.6 Å². The SMILES string of the molecule is c1ccc(C2=NC(c3ccc(-n4c5ccccc5c5cc(-c6ccc7c(c6)c6ccccc6n7-c6ccccc6)ccc54)cc3)=NC(c3ccccc3)N2)cc1. The van der Waals surface area contributed by atoms with Gasteiger partial charge in [-0.05, 0) is 89.5 Å². The van der Waals surface area contributed by atoms with Gasteiger partial charge in [-0.3, -0.25) is 0 Å². The lowest BCUT2D eigenvalue weighted by Crippen LogP contribution is -2.33. The summed E-state index contributed by atoms with van der Waals surface area (Å²) in [7, 11) is 0. The lowest BCUT2D eigenvalue weighted by atomic mass is 10.0. The molecule has 0 amide bonds. The molecule has 10 aromatic rings. The predicted molar refractivity (Wildman–Crippen MR) is 232 cm³/mol. The van der Waals surface area contributed by atoms with Crippen molar-refractivity contribution in [1.82, 2.24) is 14.5 Å². The van der Waals surface area contributed by atoms with Crippen molar-refractivity contribution in [3.63, 3.8) is 0 Å². The van der Waals surface area contributed by atoms with Gasteiger partial charge in [0.15, 0.2) is 5.84 Å². The van der Waals surface area contributed by atoms with E-state index in [0.717, 1.165) is 33.7 Å². The van der Waals surface area contributed by atoms with Gasteiger partial charge in [-0.1, -0.05) is 127 Å². The molecular weight excluding hydrogens is 683 g/mol. The van der Waals surface area contributed by atoms with Crippen molar-refractivity contribution in [3.05, 3.63) is 217 Å². The van der Waals surface area contributed by atoms with E-state index in [2.05, 4.69) is 178 Å². The molecule has 56 heavy (non-hydrogen) atoms. The van der Waals surface area contributed by atoms with E-state index in [4.69, 9.17) is 9.98 Å². The van der Waals surface area contributed by atoms with Crippen LogP contribution in [0.5, 0.6) is 0 Å². The molecule has 0 saturated carbocycles. The first-order valence-corrected chi connectivity index (χ1v) is 19.0. The van der Waals surface area contributed by atoms with Gasteiger partial charge in [-0.15, -0.1) is 0 Å². The van der Waals surface area contributed by atoms with E-state index in [1.165, 1.54) is 54.9 Å². The molecule has 264 valence electrons. The van der Waals surface area contributed by atoms with Crippen LogP contribution in [0, 0.1) is 0 Å². The van der Waals surface area contributed by atoms with Gasteiger partial charge in [0, 0.05) is 44.0 Å². The summed E-state index contributed by atoms with van der Waals surface area (Å²) in [5.74, 6) is 1.52. The Morgan fingerprint density at radius 3 is 1.43 bits per heavy atom. The van der Waals surface area contributed by atoms with E-state index in [1.54, 1.807) is 0 Å². The van der Waals surface area contributed by atoms with Crippen LogP contribution in [0.2, 0.25) is 0 Å². The minimum absolute atomic E-state index is 0.242. The molecule has 3 heterocycles. The fourth-order valence-electron chi connectivity index (χ4n) is 8.33. The number of hydrogen-bond donors (Lipinski definition) is 1. The van der Waals surface area contributed by atoms with Crippen LogP contribution in [0.3, 0.4) is 0 Å². The van der Waals surface area contributed by atoms with E-state index < -0.39 is 0 Å². The highest BCUT2D eigenvalue weighted by Gasteiger charge is 2.21. The summed E-state index contributed by atoms with van der Waals surface area (Å²) in [6.07, 6.45) is -0.242. The third-order valence-corrected chi connectivity index (χ3v) is 11.0. The Morgan fingerprint density at radius 2 is 0.839 bits per heavy atom. The summed E-state index contributed by atoms with van der Waals surface area (Å²) in [6, 6.07) is 71.1. The fourth-order valence-corrected chi connectivity index (χ4v) is 8.33. The highest BCUT2D eigenvalue weighted by atomic mass is 15.2. The van der Waals surface area contributed by atoms with Crippen LogP contribution in [0.15, 0.2) is 210 Å². The van der Waals surface area contributed by atoms with Gasteiger partial charge in [0.2, 0.25) is 0 Å². The molecule has 0 fully saturated rings. The van der Waals surface area contributed by atoms with Crippen LogP contribution in [0.25, 0.3) is 66.1 Å². The second kappa shape index (κ2) is 13.1. The second-order valence-corrected chi connectivity index (χ2v) is 14.3. The molecule has 0 spiro atoms. The Bertz CT molecular complexity index is 3140. The van der Waals surface area contributed by atoms with Crippen LogP contribution in [-0.4, -0.2) is 20.8 Å². The number of hydrogen-bond acceptors (Lipinski definition) is 3. The number of benzene rings is 8. The minimum atomic E-state index is -0.242. The molecule has 0 bridgehead atoms. The van der Waals surface area contributed by atoms with Crippen LogP contribution >= 0.6 is 0 Å². The van der Waals surface area contributed by atoms with Gasteiger partial charge in [-0.25, -0.2) is 9.98 Å². The first-order chi connectivity index (χ1) is 27.8. The van der Waals surface area contributed by atoms with Crippen molar-refractivity contribution in [2.75, 3.05) is 0 Å². The Labute approximate surface area is 324 Å². The summed E-state index contributed by atoms with van der Waals surface area (Å²) < 4.78 is 4.73. The number of para-hydroxylation sites is 3. The molecule has 1 atom stereocenters. The number of aliphatic imine (C=N–C) groups is 2. The van der Waals surface area contributed by atoms with Gasteiger partial charge in [0.1, 0.15) is 12.0 Å². The number of rotatable bonds is 6. The van der Waals surface area contributed by atoms with Gasteiger partial charge in [-0.2, -0.15) is 0 Å². The van der Waals surface area contributed by atoms with Crippen molar-refractivity contribution < 1.29 is 0 Å². The fraction of sp³-hybridized carbons (Fsp3) is 0.0196. The smallest absolute Gasteiger partial charge is 0.159 e. The van der Waals surface area contributed by atoms with Crippen LogP contribution in [-0.2, 0) is 0 Å². The number of aromatic nitrogens is 2. The first-order valence-electron chi connectivity index (χ1n) is 19.0. The van der Waals surface area contributed by atoms with Crippen molar-refractivity contribution in [1.29, 1.82) is 0 Å². The summed E-state index contributed by atoms with van der Waals surface area (Å²) in [4.78, 5) is 10.1. The van der Waals surface area contributed by atoms with Gasteiger partial charge in [0.05, 0.1) is 22.1 Å². The standard InChI is InChI=1S/C51H35N5/c1-4-14-34(15-5-1)49-52-50(35-16-6-2-7-17-35)54-51(53-49)36-24-28-40(29-25-36)56-46-23-13-11-21-42(46)44-33-38(27-31-48(44)56)37-26-30-47-43(32-37)41-20-10-12-22-45(41)55(47)39-18-8-3-9-19-39/h1-33,49H,(H,52,53,54). The number of amidine groups is 2. The highest BCUT2D eigenvalue weighted by molar-refractivity contribution is 6.14. The zero-order valence-electron chi connectivity index (χ0n) is 30.4. The Hall–Kier alpha value is -7.50. The van der Waals surface area contributed by atoms with Crippen molar-refractivity contribution in [3.8, 4) is 22.5 Å². The number of nitrogens with one attached hydrogen (secondary N) is 1. The average molecular weight is 718 g/mol. The molecule has 1 aliphatic rings. The third kappa shape index (κ3) is 5.32. The molecular formula is C51H35N5. The molecule has 8 aromatic carbocycles. The molecule has 1 N–H and O–H groups in total. The molecule has 5 heteroatoms. The van der Waals surface area contributed by atoms with E-state index in [1.807, 2.05) is 36.4 Å². The van der Waals surface area contributed by atoms with Crippen LogP contribution in [0.1, 0.15) is 22.9 Å². The third-order valence-electron chi connectivity index (χ3n) is 11.0. The van der Waals surface area contributed by atoms with E-state index in [-0.39, 0.29) is 6.17 Å². The van der Waals surface area contributed by atoms with Gasteiger partial charge < -0.3 is 14.5 Å². The average Bonchev–Trinajstić information content (AvgIpc) is 3.79. The van der Waals surface area contributed by atoms with Crippen LogP contribution < -0.4 is 5.32 Å². The lowest BCUT2D eigenvalue weighted by Gasteiger charge is -2.23. The Kier molecular flexibility index (Phi) is 7.49. The van der Waals surface area contributed by atoms with Crippen molar-refractivity contribution in [2.45, 2.75) is 6.17 Å². The molecule has 0 saturated heterocycles. The molecule has 2 aromatic heterocycles. The molecule has 5 nitrogen and oxygen atoms in total. The molecule has 1 aliphatic heterocycles. The molecule has 1 unspecified atom stereocenters. The number of fused-ring (bicyclic) bond motifs is 6. The summed E-state index contributed by atoms with van der Waals surface area (Å²) >= 11 is 0. The van der Waals surface area contributed by atoms with Crippen molar-refractivity contribution >= 4 is 55.3 Å². The maximum Gasteiger partial charge on any atom is 0.159 e. The quantitative estimate of drug-likeness (QED) is 0.183. The summed E-state index contributed by atoms with van der Waals surface area (Å²) in [6.45, 7) is 0. The summed E-state index contributed by atoms with van der Waals surface area (Å²) in [5.41, 5.74) is 12.5. The zero-order valence-corrected chi connectivity index (χ0v) is 30.4. The molecule has 0 aliphatic carbocycles. The maximum absolute atomic E-state index is 5.09. The van der Waals surface area contributed by atoms with E-state index in [0.29, 0.717) is 5.84 Å². The van der Waals surface area contributed by atoms with Crippen molar-refractivity contribution in [2.24, 2.45) is 9.98 Å². The Morgan fingerprint density at radius 1 is 0.375 bits per heavy atom. The molecule has 11 rings (SSSR count). The van der Waals surface area contributed by atoms with Crippen LogP contribution in [0.4, 0.5) is 0 Å². The zero-order chi connectivity index (χ0) is 37.0.